The maximum absolute atomic E-state index is 13.1. The van der Waals surface area contributed by atoms with Gasteiger partial charge < -0.3 is 9.84 Å². The maximum Gasteiger partial charge on any atom is 0.173 e. The van der Waals surface area contributed by atoms with Gasteiger partial charge in [0, 0.05) is 11.3 Å². The first-order valence-corrected chi connectivity index (χ1v) is 11.1. The van der Waals surface area contributed by atoms with Crippen LogP contribution in [0.25, 0.3) is 0 Å². The Bertz CT molecular complexity index is 915. The minimum absolute atomic E-state index is 0.0117. The molecule has 1 N–H and O–H groups in total. The summed E-state index contributed by atoms with van der Waals surface area (Å²) in [4.78, 5) is 15.4. The van der Waals surface area contributed by atoms with Crippen LogP contribution in [-0.4, -0.2) is 24.1 Å². The Hall–Kier alpha value is -1.65. The van der Waals surface area contributed by atoms with Gasteiger partial charge in [0.05, 0.1) is 11.5 Å². The summed E-state index contributed by atoms with van der Waals surface area (Å²) in [5.74, 6) is 2.50. The van der Waals surface area contributed by atoms with Crippen LogP contribution in [0.5, 0.6) is 5.75 Å². The van der Waals surface area contributed by atoms with Gasteiger partial charge in [0.15, 0.2) is 5.78 Å². The van der Waals surface area contributed by atoms with Crippen molar-refractivity contribution >= 4 is 17.1 Å². The SMILES string of the molecule is Cc1cc(OCCO)cc(C)c1CCC(=O)c1sc(C)c2c1C[C@@H]1[C@H]2C1(C)C. The third-order valence-electron chi connectivity index (χ3n) is 6.90. The molecule has 1 heterocycles. The average Bonchev–Trinajstić information content (AvgIpc) is 2.96. The Morgan fingerprint density at radius 3 is 2.57 bits per heavy atom. The van der Waals surface area contributed by atoms with Gasteiger partial charge >= 0.3 is 0 Å². The highest BCUT2D eigenvalue weighted by Gasteiger charge is 2.63. The molecule has 2 aromatic rings. The maximum atomic E-state index is 13.1. The average molecular weight is 399 g/mol. The van der Waals surface area contributed by atoms with E-state index in [1.54, 1.807) is 11.3 Å². The number of benzene rings is 1. The summed E-state index contributed by atoms with van der Waals surface area (Å²) in [6.45, 7) is 11.4. The molecule has 2 aliphatic rings. The highest BCUT2D eigenvalue weighted by Crippen LogP contribution is 2.71. The predicted octanol–water partition coefficient (Wildman–Crippen LogP) is 5.16. The molecule has 0 radical (unpaired) electrons. The van der Waals surface area contributed by atoms with Crippen LogP contribution in [0.1, 0.15) is 68.6 Å². The molecular weight excluding hydrogens is 368 g/mol. The number of aryl methyl sites for hydroxylation is 3. The summed E-state index contributed by atoms with van der Waals surface area (Å²) in [7, 11) is 0. The Kier molecular flexibility index (Phi) is 4.91. The van der Waals surface area contributed by atoms with Crippen molar-refractivity contribution in [1.82, 2.24) is 0 Å². The lowest BCUT2D eigenvalue weighted by Crippen LogP contribution is -2.07. The van der Waals surface area contributed by atoms with Crippen molar-refractivity contribution in [3.05, 3.63) is 49.7 Å². The molecule has 0 bridgehead atoms. The van der Waals surface area contributed by atoms with Crippen LogP contribution in [-0.2, 0) is 12.8 Å². The summed E-state index contributed by atoms with van der Waals surface area (Å²) in [5, 5.41) is 8.93. The van der Waals surface area contributed by atoms with Gasteiger partial charge in [-0.1, -0.05) is 13.8 Å². The molecule has 1 saturated carbocycles. The number of aliphatic hydroxyl groups excluding tert-OH is 1. The molecule has 0 amide bonds. The zero-order valence-corrected chi connectivity index (χ0v) is 18.3. The number of ketones is 1. The monoisotopic (exact) mass is 398 g/mol. The third-order valence-corrected chi connectivity index (χ3v) is 8.11. The number of hydrogen-bond donors (Lipinski definition) is 1. The normalized spacial score (nSPS) is 21.4. The van der Waals surface area contributed by atoms with Crippen LogP contribution in [0.4, 0.5) is 0 Å². The lowest BCUT2D eigenvalue weighted by molar-refractivity contribution is 0.0985. The molecule has 1 aromatic heterocycles. The van der Waals surface area contributed by atoms with E-state index in [-0.39, 0.29) is 6.61 Å². The van der Waals surface area contributed by atoms with E-state index in [9.17, 15) is 4.79 Å². The molecule has 0 spiro atoms. The van der Waals surface area contributed by atoms with Crippen LogP contribution in [0.3, 0.4) is 0 Å². The lowest BCUT2D eigenvalue weighted by atomic mass is 9.93. The van der Waals surface area contributed by atoms with E-state index >= 15 is 0 Å². The molecule has 0 saturated heterocycles. The fourth-order valence-electron chi connectivity index (χ4n) is 5.30. The molecular formula is C24H30O3S. The van der Waals surface area contributed by atoms with E-state index in [4.69, 9.17) is 9.84 Å². The summed E-state index contributed by atoms with van der Waals surface area (Å²) >= 11 is 1.72. The van der Waals surface area contributed by atoms with E-state index in [1.807, 2.05) is 12.1 Å². The molecule has 2 atom stereocenters. The molecule has 4 heteroatoms. The molecule has 0 aliphatic heterocycles. The van der Waals surface area contributed by atoms with Crippen LogP contribution in [0, 0.1) is 32.1 Å². The highest BCUT2D eigenvalue weighted by atomic mass is 32.1. The number of fused-ring (bicyclic) bond motifs is 3. The highest BCUT2D eigenvalue weighted by molar-refractivity contribution is 7.14. The van der Waals surface area contributed by atoms with E-state index < -0.39 is 0 Å². The summed E-state index contributed by atoms with van der Waals surface area (Å²) in [6.07, 6.45) is 2.41. The molecule has 1 aromatic carbocycles. The van der Waals surface area contributed by atoms with E-state index in [2.05, 4.69) is 34.6 Å². The third kappa shape index (κ3) is 3.11. The molecule has 3 nitrogen and oxygen atoms in total. The second kappa shape index (κ2) is 7.00. The number of rotatable bonds is 7. The van der Waals surface area contributed by atoms with Gasteiger partial charge in [0.1, 0.15) is 12.4 Å². The van der Waals surface area contributed by atoms with Gasteiger partial charge in [0.2, 0.25) is 0 Å². The van der Waals surface area contributed by atoms with E-state index in [0.29, 0.717) is 30.1 Å². The molecule has 4 rings (SSSR count). The predicted molar refractivity (Wildman–Crippen MR) is 114 cm³/mol. The molecule has 2 aliphatic carbocycles. The number of carbonyl (C=O) groups is 1. The van der Waals surface area contributed by atoms with Crippen LogP contribution < -0.4 is 4.74 Å². The van der Waals surface area contributed by atoms with Gasteiger partial charge in [-0.05, 0) is 90.8 Å². The van der Waals surface area contributed by atoms with Crippen LogP contribution in [0.2, 0.25) is 0 Å². The number of ether oxygens (including phenoxy) is 1. The largest absolute Gasteiger partial charge is 0.491 e. The molecule has 0 unspecified atom stereocenters. The molecule has 1 fully saturated rings. The number of carbonyl (C=O) groups excluding carboxylic acids is 1. The first kappa shape index (κ1) is 19.7. The van der Waals surface area contributed by atoms with Crippen molar-refractivity contribution in [1.29, 1.82) is 0 Å². The van der Waals surface area contributed by atoms with Crippen molar-refractivity contribution in [3.63, 3.8) is 0 Å². The molecule has 28 heavy (non-hydrogen) atoms. The topological polar surface area (TPSA) is 46.5 Å². The lowest BCUT2D eigenvalue weighted by Gasteiger charge is -2.13. The Morgan fingerprint density at radius 1 is 1.25 bits per heavy atom. The first-order chi connectivity index (χ1) is 13.3. The van der Waals surface area contributed by atoms with Crippen LogP contribution in [0.15, 0.2) is 12.1 Å². The van der Waals surface area contributed by atoms with E-state index in [1.165, 1.54) is 21.6 Å². The minimum atomic E-state index is 0.0117. The van der Waals surface area contributed by atoms with Crippen molar-refractivity contribution < 1.29 is 14.6 Å². The van der Waals surface area contributed by atoms with Crippen molar-refractivity contribution in [2.75, 3.05) is 13.2 Å². The van der Waals surface area contributed by atoms with Crippen molar-refractivity contribution in [3.8, 4) is 5.75 Å². The number of aliphatic hydroxyl groups is 1. The number of Topliss-reactive ketones (excluding diaryl/α,β-unsaturated/α-hetero) is 1. The van der Waals surface area contributed by atoms with E-state index in [0.717, 1.165) is 40.5 Å². The first-order valence-electron chi connectivity index (χ1n) is 10.2. The number of thiophene rings is 1. The number of hydrogen-bond acceptors (Lipinski definition) is 4. The fourth-order valence-corrected chi connectivity index (χ4v) is 6.50. The Morgan fingerprint density at radius 2 is 1.93 bits per heavy atom. The zero-order valence-electron chi connectivity index (χ0n) is 17.5. The standard InChI is InChI=1S/C24H30O3S/c1-13-10-16(27-9-8-25)11-14(2)17(13)6-7-20(26)23-18-12-19-22(24(19,4)5)21(18)15(3)28-23/h10-11,19,22,25H,6-9,12H2,1-5H3/t19-,22-/m1/s1. The second-order valence-electron chi connectivity index (χ2n) is 9.02. The molecule has 150 valence electrons. The zero-order chi connectivity index (χ0) is 20.2. The second-order valence-corrected chi connectivity index (χ2v) is 10.2. The van der Waals surface area contributed by atoms with Crippen LogP contribution >= 0.6 is 11.3 Å². The van der Waals surface area contributed by atoms with Crippen molar-refractivity contribution in [2.24, 2.45) is 11.3 Å². The van der Waals surface area contributed by atoms with Gasteiger partial charge in [-0.15, -0.1) is 11.3 Å². The minimum Gasteiger partial charge on any atom is -0.491 e. The fraction of sp³-hybridized carbons (Fsp3) is 0.542. The quantitative estimate of drug-likeness (QED) is 0.656. The Balaban J connectivity index is 1.48. The van der Waals surface area contributed by atoms with Crippen molar-refractivity contribution in [2.45, 2.75) is 59.8 Å². The van der Waals surface area contributed by atoms with Gasteiger partial charge in [-0.2, -0.15) is 0 Å². The van der Waals surface area contributed by atoms with Gasteiger partial charge in [0.25, 0.3) is 0 Å². The summed E-state index contributed by atoms with van der Waals surface area (Å²) < 4.78 is 5.54. The summed E-state index contributed by atoms with van der Waals surface area (Å²) in [6, 6.07) is 4.01. The smallest absolute Gasteiger partial charge is 0.173 e. The Labute approximate surface area is 171 Å². The van der Waals surface area contributed by atoms with Gasteiger partial charge in [-0.3, -0.25) is 4.79 Å². The van der Waals surface area contributed by atoms with Gasteiger partial charge in [-0.25, -0.2) is 0 Å². The summed E-state index contributed by atoms with van der Waals surface area (Å²) in [5.41, 5.74) is 6.82.